The zero-order chi connectivity index (χ0) is 17.1. The fourth-order valence-electron chi connectivity index (χ4n) is 2.28. The van der Waals surface area contributed by atoms with E-state index in [1.807, 2.05) is 6.92 Å². The molecule has 6 nitrogen and oxygen atoms in total. The fourth-order valence-corrected chi connectivity index (χ4v) is 2.28. The lowest BCUT2D eigenvalue weighted by Crippen LogP contribution is -2.18. The highest BCUT2D eigenvalue weighted by atomic mass is 16.4. The van der Waals surface area contributed by atoms with Crippen molar-refractivity contribution in [1.82, 2.24) is 4.57 Å². The van der Waals surface area contributed by atoms with Crippen molar-refractivity contribution in [2.75, 3.05) is 5.32 Å². The maximum Gasteiger partial charge on any atom is 0.291 e. The Balaban J connectivity index is 1.74. The van der Waals surface area contributed by atoms with Gasteiger partial charge in [0.15, 0.2) is 5.76 Å². The normalized spacial score (nSPS) is 10.5. The van der Waals surface area contributed by atoms with Gasteiger partial charge in [-0.2, -0.15) is 0 Å². The number of furan rings is 1. The summed E-state index contributed by atoms with van der Waals surface area (Å²) in [5, 5.41) is 12.4. The molecule has 24 heavy (non-hydrogen) atoms. The summed E-state index contributed by atoms with van der Waals surface area (Å²) < 4.78 is 6.97. The first-order valence-electron chi connectivity index (χ1n) is 7.38. The number of anilines is 1. The number of nitrogens with one attached hydrogen (secondary N) is 1. The lowest BCUT2D eigenvalue weighted by Gasteiger charge is -2.06. The summed E-state index contributed by atoms with van der Waals surface area (Å²) in [5.41, 5.74) is 1.05. The Hall–Kier alpha value is -3.28. The Labute approximate surface area is 138 Å². The van der Waals surface area contributed by atoms with Crippen LogP contribution < -0.4 is 10.9 Å². The van der Waals surface area contributed by atoms with Crippen LogP contribution in [-0.4, -0.2) is 15.6 Å². The van der Waals surface area contributed by atoms with E-state index in [0.29, 0.717) is 11.4 Å². The van der Waals surface area contributed by atoms with Crippen LogP contribution >= 0.6 is 0 Å². The summed E-state index contributed by atoms with van der Waals surface area (Å²) in [4.78, 5) is 23.9. The van der Waals surface area contributed by atoms with E-state index in [4.69, 9.17) is 4.42 Å². The lowest BCUT2D eigenvalue weighted by molar-refractivity contribution is 0.0994. The van der Waals surface area contributed by atoms with E-state index in [0.717, 1.165) is 5.56 Å². The van der Waals surface area contributed by atoms with Crippen molar-refractivity contribution in [3.05, 3.63) is 82.2 Å². The highest BCUT2D eigenvalue weighted by molar-refractivity contribution is 6.03. The van der Waals surface area contributed by atoms with Gasteiger partial charge in [-0.15, -0.1) is 0 Å². The molecule has 2 N–H and O–H groups in total. The van der Waals surface area contributed by atoms with Crippen LogP contribution in [-0.2, 0) is 6.54 Å². The molecule has 2 aromatic heterocycles. The number of carbonyl (C=O) groups excluding carboxylic acids is 1. The molecule has 0 aliphatic heterocycles. The zero-order valence-electron chi connectivity index (χ0n) is 13.0. The molecule has 0 atom stereocenters. The van der Waals surface area contributed by atoms with Gasteiger partial charge in [0.2, 0.25) is 0 Å². The van der Waals surface area contributed by atoms with Gasteiger partial charge in [0.25, 0.3) is 11.5 Å². The second kappa shape index (κ2) is 6.45. The number of carbonyl (C=O) groups is 1. The molecule has 3 aromatic rings. The number of amides is 1. The molecular weight excluding hydrogens is 308 g/mol. The van der Waals surface area contributed by atoms with Crippen molar-refractivity contribution in [1.29, 1.82) is 0 Å². The number of nitrogens with zero attached hydrogens (tertiary/aromatic N) is 1. The van der Waals surface area contributed by atoms with Crippen LogP contribution in [0.2, 0.25) is 0 Å². The molecule has 3 rings (SSSR count). The topological polar surface area (TPSA) is 84.5 Å². The maximum absolute atomic E-state index is 12.2. The van der Waals surface area contributed by atoms with Gasteiger partial charge in [-0.3, -0.25) is 9.59 Å². The first-order chi connectivity index (χ1) is 11.5. The van der Waals surface area contributed by atoms with Crippen LogP contribution in [0.15, 0.2) is 63.9 Å². The highest BCUT2D eigenvalue weighted by Gasteiger charge is 2.13. The molecule has 2 heterocycles. The fraction of sp³-hybridized carbons (Fsp3) is 0.111. The van der Waals surface area contributed by atoms with Gasteiger partial charge >= 0.3 is 0 Å². The average Bonchev–Trinajstić information content (AvgIpc) is 3.01. The van der Waals surface area contributed by atoms with E-state index in [2.05, 4.69) is 5.32 Å². The van der Waals surface area contributed by atoms with Crippen molar-refractivity contribution in [2.45, 2.75) is 13.5 Å². The first kappa shape index (κ1) is 15.6. The van der Waals surface area contributed by atoms with Crippen LogP contribution in [0.1, 0.15) is 21.9 Å². The molecule has 0 spiro atoms. The van der Waals surface area contributed by atoms with E-state index in [1.54, 1.807) is 42.6 Å². The predicted molar refractivity (Wildman–Crippen MR) is 89.3 cm³/mol. The standard InChI is InChI=1S/C18H16N2O4/c1-12-5-7-14(15(21)10-12)19-18(23)16-8-6-13(24-16)11-20-9-3-2-4-17(20)22/h2-10,21H,11H2,1H3,(H,19,23). The Bertz CT molecular complexity index is 940. The van der Waals surface area contributed by atoms with Crippen LogP contribution in [0.4, 0.5) is 5.69 Å². The summed E-state index contributed by atoms with van der Waals surface area (Å²) in [6, 6.07) is 13.0. The van der Waals surface area contributed by atoms with E-state index in [9.17, 15) is 14.7 Å². The maximum atomic E-state index is 12.2. The lowest BCUT2D eigenvalue weighted by atomic mass is 10.2. The van der Waals surface area contributed by atoms with Gasteiger partial charge in [-0.25, -0.2) is 0 Å². The number of hydrogen-bond donors (Lipinski definition) is 2. The quantitative estimate of drug-likeness (QED) is 0.723. The monoisotopic (exact) mass is 324 g/mol. The smallest absolute Gasteiger partial charge is 0.291 e. The molecular formula is C18H16N2O4. The second-order valence-electron chi connectivity index (χ2n) is 5.41. The van der Waals surface area contributed by atoms with Gasteiger partial charge in [-0.1, -0.05) is 12.1 Å². The third kappa shape index (κ3) is 3.38. The molecule has 0 radical (unpaired) electrons. The van der Waals surface area contributed by atoms with E-state index < -0.39 is 5.91 Å². The van der Waals surface area contributed by atoms with Crippen molar-refractivity contribution < 1.29 is 14.3 Å². The molecule has 0 bridgehead atoms. The zero-order valence-corrected chi connectivity index (χ0v) is 13.0. The van der Waals surface area contributed by atoms with Gasteiger partial charge in [0.05, 0.1) is 12.2 Å². The molecule has 122 valence electrons. The number of aryl methyl sites for hydroxylation is 1. The highest BCUT2D eigenvalue weighted by Crippen LogP contribution is 2.24. The largest absolute Gasteiger partial charge is 0.506 e. The van der Waals surface area contributed by atoms with Crippen LogP contribution in [0.25, 0.3) is 0 Å². The van der Waals surface area contributed by atoms with Crippen molar-refractivity contribution in [2.24, 2.45) is 0 Å². The van der Waals surface area contributed by atoms with Crippen molar-refractivity contribution in [3.8, 4) is 5.75 Å². The second-order valence-corrected chi connectivity index (χ2v) is 5.41. The number of hydrogen-bond acceptors (Lipinski definition) is 4. The summed E-state index contributed by atoms with van der Waals surface area (Å²) in [6.45, 7) is 2.08. The number of rotatable bonds is 4. The SMILES string of the molecule is Cc1ccc(NC(=O)c2ccc(Cn3ccccc3=O)o2)c(O)c1. The molecule has 1 aromatic carbocycles. The molecule has 0 aliphatic carbocycles. The summed E-state index contributed by atoms with van der Waals surface area (Å²) in [5.74, 6) is 0.113. The Morgan fingerprint density at radius 1 is 1.21 bits per heavy atom. The molecule has 0 unspecified atom stereocenters. The van der Waals surface area contributed by atoms with Gasteiger partial charge < -0.3 is 19.4 Å². The Morgan fingerprint density at radius 2 is 2.04 bits per heavy atom. The molecule has 6 heteroatoms. The molecule has 0 saturated heterocycles. The summed E-state index contributed by atoms with van der Waals surface area (Å²) in [6.07, 6.45) is 1.65. The molecule has 0 aliphatic rings. The number of phenols is 1. The predicted octanol–water partition coefficient (Wildman–Crippen LogP) is 2.76. The number of phenolic OH excluding ortho intramolecular Hbond substituents is 1. The average molecular weight is 324 g/mol. The third-order valence-corrected chi connectivity index (χ3v) is 3.51. The third-order valence-electron chi connectivity index (χ3n) is 3.51. The van der Waals surface area contributed by atoms with Crippen LogP contribution in [0.5, 0.6) is 5.75 Å². The van der Waals surface area contributed by atoms with Gasteiger partial charge in [-0.05, 0) is 42.8 Å². The number of benzene rings is 1. The van der Waals surface area contributed by atoms with E-state index in [-0.39, 0.29) is 23.6 Å². The number of aromatic hydroxyl groups is 1. The summed E-state index contributed by atoms with van der Waals surface area (Å²) >= 11 is 0. The molecule has 1 amide bonds. The van der Waals surface area contributed by atoms with Gasteiger partial charge in [0, 0.05) is 12.3 Å². The number of pyridine rings is 1. The Morgan fingerprint density at radius 3 is 2.79 bits per heavy atom. The van der Waals surface area contributed by atoms with Gasteiger partial charge in [0.1, 0.15) is 11.5 Å². The van der Waals surface area contributed by atoms with Crippen molar-refractivity contribution in [3.63, 3.8) is 0 Å². The minimum atomic E-state index is -0.471. The minimum Gasteiger partial charge on any atom is -0.506 e. The van der Waals surface area contributed by atoms with E-state index in [1.165, 1.54) is 16.7 Å². The molecule has 0 fully saturated rings. The van der Waals surface area contributed by atoms with Crippen LogP contribution in [0, 0.1) is 6.92 Å². The number of aromatic nitrogens is 1. The molecule has 0 saturated carbocycles. The minimum absolute atomic E-state index is 0.00836. The van der Waals surface area contributed by atoms with Crippen molar-refractivity contribution >= 4 is 11.6 Å². The van der Waals surface area contributed by atoms with E-state index >= 15 is 0 Å². The van der Waals surface area contributed by atoms with Crippen LogP contribution in [0.3, 0.4) is 0 Å². The summed E-state index contributed by atoms with van der Waals surface area (Å²) in [7, 11) is 0. The first-order valence-corrected chi connectivity index (χ1v) is 7.38. The Kier molecular flexibility index (Phi) is 4.20.